The van der Waals surface area contributed by atoms with Crippen LogP contribution >= 0.6 is 0 Å². The zero-order valence-corrected chi connectivity index (χ0v) is 5.95. The van der Waals surface area contributed by atoms with Crippen LogP contribution in [0.2, 0.25) is 0 Å². The molecule has 1 aliphatic carbocycles. The lowest BCUT2D eigenvalue weighted by molar-refractivity contribution is -0.544. The molecular weight excluding hydrogens is 124 g/mol. The normalized spacial score (nSPS) is 35.7. The molecule has 0 N–H and O–H groups in total. The summed E-state index contributed by atoms with van der Waals surface area (Å²) in [5.41, 5.74) is 0. The first-order valence-electron chi connectivity index (χ1n) is 3.88. The summed E-state index contributed by atoms with van der Waals surface area (Å²) in [7, 11) is 0. The van der Waals surface area contributed by atoms with Gasteiger partial charge in [-0.25, -0.2) is 4.58 Å². The second-order valence-electron chi connectivity index (χ2n) is 3.21. The van der Waals surface area contributed by atoms with Crippen LogP contribution in [0.15, 0.2) is 0 Å². The van der Waals surface area contributed by atoms with Gasteiger partial charge in [-0.05, 0) is 6.42 Å². The van der Waals surface area contributed by atoms with Crippen molar-refractivity contribution in [3.05, 3.63) is 0 Å². The van der Waals surface area contributed by atoms with Gasteiger partial charge in [-0.2, -0.15) is 5.26 Å². The van der Waals surface area contributed by atoms with Crippen molar-refractivity contribution in [3.8, 4) is 6.07 Å². The van der Waals surface area contributed by atoms with Crippen molar-refractivity contribution in [1.29, 1.82) is 5.26 Å². The second-order valence-corrected chi connectivity index (χ2v) is 3.21. The van der Waals surface area contributed by atoms with Crippen LogP contribution in [0.4, 0.5) is 0 Å². The Labute approximate surface area is 60.8 Å². The van der Waals surface area contributed by atoms with Crippen molar-refractivity contribution in [1.82, 2.24) is 0 Å². The lowest BCUT2D eigenvalue weighted by atomic mass is 10.1. The number of rotatable bonds is 1. The molecule has 1 aliphatic heterocycles. The Morgan fingerprint density at radius 1 is 1.60 bits per heavy atom. The zero-order valence-electron chi connectivity index (χ0n) is 5.95. The van der Waals surface area contributed by atoms with Crippen LogP contribution in [-0.4, -0.2) is 23.4 Å². The summed E-state index contributed by atoms with van der Waals surface area (Å²) in [6.45, 7) is 0.598. The molecule has 1 fully saturated rings. The van der Waals surface area contributed by atoms with Crippen LogP contribution < -0.4 is 0 Å². The summed E-state index contributed by atoms with van der Waals surface area (Å²) in [5, 5.41) is 8.44. The third-order valence-corrected chi connectivity index (χ3v) is 2.57. The third kappa shape index (κ3) is 0.740. The molecule has 2 aliphatic rings. The fraction of sp³-hybridized carbons (Fsp3) is 0.750. The van der Waals surface area contributed by atoms with E-state index in [2.05, 4.69) is 16.9 Å². The maximum Gasteiger partial charge on any atom is 0.228 e. The van der Waals surface area contributed by atoms with Gasteiger partial charge in [0.05, 0.1) is 0 Å². The molecule has 1 saturated carbocycles. The number of nitriles is 1. The molecule has 0 radical (unpaired) electrons. The van der Waals surface area contributed by atoms with Gasteiger partial charge >= 0.3 is 0 Å². The predicted octanol–water partition coefficient (Wildman–Crippen LogP) is 0.776. The molecule has 0 saturated heterocycles. The van der Waals surface area contributed by atoms with Gasteiger partial charge in [-0.3, -0.25) is 0 Å². The zero-order chi connectivity index (χ0) is 6.97. The highest BCUT2D eigenvalue weighted by atomic mass is 15.1. The molecule has 10 heavy (non-hydrogen) atoms. The molecular formula is C8H11N2+. The van der Waals surface area contributed by atoms with Crippen LogP contribution in [-0.2, 0) is 0 Å². The Bertz CT molecular complexity index is 212. The van der Waals surface area contributed by atoms with E-state index in [1.807, 2.05) is 0 Å². The average molecular weight is 135 g/mol. The molecule has 2 atom stereocenters. The van der Waals surface area contributed by atoms with Crippen molar-refractivity contribution in [2.75, 3.05) is 6.54 Å². The third-order valence-electron chi connectivity index (χ3n) is 2.57. The fourth-order valence-electron chi connectivity index (χ4n) is 2.08. The summed E-state index contributed by atoms with van der Waals surface area (Å²) in [6.07, 6.45) is 6.22. The number of hydrogen-bond acceptors (Lipinski definition) is 1. The van der Waals surface area contributed by atoms with Crippen molar-refractivity contribution < 1.29 is 4.58 Å². The van der Waals surface area contributed by atoms with Crippen LogP contribution in [0.5, 0.6) is 0 Å². The smallest absolute Gasteiger partial charge is 0.223 e. The quantitative estimate of drug-likeness (QED) is 0.385. The molecule has 1 heterocycles. The van der Waals surface area contributed by atoms with Crippen molar-refractivity contribution in [2.45, 2.75) is 25.3 Å². The minimum Gasteiger partial charge on any atom is -0.223 e. The largest absolute Gasteiger partial charge is 0.228 e. The highest BCUT2D eigenvalue weighted by molar-refractivity contribution is 5.58. The van der Waals surface area contributed by atoms with E-state index in [-0.39, 0.29) is 0 Å². The lowest BCUT2D eigenvalue weighted by Crippen LogP contribution is -2.22. The number of nitrogens with zero attached hydrogens (tertiary/aromatic N) is 2. The van der Waals surface area contributed by atoms with Crippen molar-refractivity contribution in [3.63, 3.8) is 0 Å². The van der Waals surface area contributed by atoms with Crippen molar-refractivity contribution >= 4 is 6.21 Å². The van der Waals surface area contributed by atoms with Gasteiger partial charge < -0.3 is 0 Å². The van der Waals surface area contributed by atoms with E-state index in [0.717, 1.165) is 5.92 Å². The van der Waals surface area contributed by atoms with E-state index < -0.39 is 0 Å². The molecule has 2 unspecified atom stereocenters. The van der Waals surface area contributed by atoms with Crippen LogP contribution in [0.1, 0.15) is 19.3 Å². The van der Waals surface area contributed by atoms with Crippen LogP contribution in [0.3, 0.4) is 0 Å². The van der Waals surface area contributed by atoms with E-state index in [1.165, 1.54) is 19.3 Å². The lowest BCUT2D eigenvalue weighted by Gasteiger charge is -2.03. The first-order chi connectivity index (χ1) is 4.90. The van der Waals surface area contributed by atoms with Gasteiger partial charge in [0.25, 0.3) is 0 Å². The molecule has 2 rings (SSSR count). The van der Waals surface area contributed by atoms with Gasteiger partial charge in [0.1, 0.15) is 12.3 Å². The SMILES string of the molecule is N#CC[N+]1=CC2CCC1C2. The molecule has 0 aromatic carbocycles. The predicted molar refractivity (Wildman–Crippen MR) is 37.9 cm³/mol. The molecule has 2 bridgehead atoms. The maximum absolute atomic E-state index is 8.44. The van der Waals surface area contributed by atoms with Crippen LogP contribution in [0, 0.1) is 17.2 Å². The fourth-order valence-corrected chi connectivity index (χ4v) is 2.08. The number of fused-ring (bicyclic) bond motifs is 2. The van der Waals surface area contributed by atoms with E-state index in [0.29, 0.717) is 12.6 Å². The molecule has 0 spiro atoms. The second kappa shape index (κ2) is 2.09. The minimum atomic E-state index is 0.598. The van der Waals surface area contributed by atoms with Gasteiger partial charge in [0.2, 0.25) is 6.54 Å². The van der Waals surface area contributed by atoms with Crippen LogP contribution in [0.25, 0.3) is 0 Å². The Kier molecular flexibility index (Phi) is 1.23. The van der Waals surface area contributed by atoms with Gasteiger partial charge in [-0.15, -0.1) is 0 Å². The first-order valence-corrected chi connectivity index (χ1v) is 3.88. The van der Waals surface area contributed by atoms with E-state index in [4.69, 9.17) is 5.26 Å². The van der Waals surface area contributed by atoms with E-state index in [1.54, 1.807) is 0 Å². The molecule has 0 aromatic heterocycles. The van der Waals surface area contributed by atoms with E-state index >= 15 is 0 Å². The first kappa shape index (κ1) is 5.91. The Morgan fingerprint density at radius 2 is 2.50 bits per heavy atom. The number of hydrogen-bond donors (Lipinski definition) is 0. The Balaban J connectivity index is 2.12. The highest BCUT2D eigenvalue weighted by Gasteiger charge is 2.38. The summed E-state index contributed by atoms with van der Waals surface area (Å²) in [4.78, 5) is 0. The summed E-state index contributed by atoms with van der Waals surface area (Å²) >= 11 is 0. The molecule has 0 aromatic rings. The summed E-state index contributed by atoms with van der Waals surface area (Å²) in [5.74, 6) is 0.804. The minimum absolute atomic E-state index is 0.598. The maximum atomic E-state index is 8.44. The molecule has 2 heteroatoms. The Hall–Kier alpha value is -0.840. The summed E-state index contributed by atoms with van der Waals surface area (Å²) < 4.78 is 2.20. The summed E-state index contributed by atoms with van der Waals surface area (Å²) in [6, 6.07) is 2.90. The van der Waals surface area contributed by atoms with Gasteiger partial charge in [-0.1, -0.05) is 0 Å². The van der Waals surface area contributed by atoms with E-state index in [9.17, 15) is 0 Å². The molecule has 52 valence electrons. The standard InChI is InChI=1S/C8H11N2/c9-3-4-10-6-7-1-2-8(10)5-7/h6-8H,1-2,4-5H2/q+1. The van der Waals surface area contributed by atoms with Crippen molar-refractivity contribution in [2.24, 2.45) is 5.92 Å². The molecule has 2 nitrogen and oxygen atoms in total. The average Bonchev–Trinajstić information content (AvgIpc) is 2.48. The molecule has 0 amide bonds. The monoisotopic (exact) mass is 135 g/mol. The Morgan fingerprint density at radius 3 is 3.00 bits per heavy atom. The van der Waals surface area contributed by atoms with Gasteiger partial charge in [0, 0.05) is 18.8 Å². The highest BCUT2D eigenvalue weighted by Crippen LogP contribution is 2.30. The topological polar surface area (TPSA) is 26.8 Å². The van der Waals surface area contributed by atoms with Gasteiger partial charge in [0.15, 0.2) is 6.04 Å².